The molecule has 0 bridgehead atoms. The lowest BCUT2D eigenvalue weighted by atomic mass is 9.96. The molecule has 0 fully saturated rings. The second-order valence-electron chi connectivity index (χ2n) is 4.91. The second-order valence-corrected chi connectivity index (χ2v) is 7.72. The predicted molar refractivity (Wildman–Crippen MR) is 83.1 cm³/mol. The molecule has 2 rings (SSSR count). The van der Waals surface area contributed by atoms with Crippen LogP contribution in [0.1, 0.15) is 16.7 Å². The average Bonchev–Trinajstić information content (AvgIpc) is 2.35. The molecule has 118 valence electrons. The highest BCUT2D eigenvalue weighted by Gasteiger charge is 2.20. The summed E-state index contributed by atoms with van der Waals surface area (Å²) in [5.74, 6) is 0. The first kappa shape index (κ1) is 16.6. The first-order valence-corrected chi connectivity index (χ1v) is 9.00. The number of hydrogen-bond acceptors (Lipinski definition) is 4. The van der Waals surface area contributed by atoms with Crippen LogP contribution in [0.3, 0.4) is 0 Å². The van der Waals surface area contributed by atoms with E-state index in [1.807, 2.05) is 0 Å². The average molecular weight is 342 g/mol. The van der Waals surface area contributed by atoms with Gasteiger partial charge in [-0.25, -0.2) is 0 Å². The summed E-state index contributed by atoms with van der Waals surface area (Å²) in [6.07, 6.45) is 1.31. The van der Waals surface area contributed by atoms with Crippen LogP contribution in [0.4, 0.5) is 0 Å². The minimum atomic E-state index is -4.50. The molecule has 6 nitrogen and oxygen atoms in total. The SMILES string of the molecule is C=Cc1c(S(=O)(=O)O)cc2cc(S(=O)(=O)O)cc(C)c2c1C. The summed E-state index contributed by atoms with van der Waals surface area (Å²) in [4.78, 5) is -0.705. The zero-order chi connectivity index (χ0) is 16.9. The highest BCUT2D eigenvalue weighted by atomic mass is 32.2. The molecule has 2 aromatic rings. The molecule has 8 heteroatoms. The van der Waals surface area contributed by atoms with Gasteiger partial charge in [0.1, 0.15) is 4.90 Å². The van der Waals surface area contributed by atoms with E-state index in [4.69, 9.17) is 4.55 Å². The van der Waals surface area contributed by atoms with Crippen LogP contribution in [0, 0.1) is 13.8 Å². The Labute approximate surface area is 128 Å². The smallest absolute Gasteiger partial charge is 0.282 e. The van der Waals surface area contributed by atoms with Crippen LogP contribution in [0.5, 0.6) is 0 Å². The molecule has 0 spiro atoms. The fourth-order valence-corrected chi connectivity index (χ4v) is 3.95. The van der Waals surface area contributed by atoms with Gasteiger partial charge in [0, 0.05) is 0 Å². The molecule has 2 aromatic carbocycles. The van der Waals surface area contributed by atoms with E-state index in [0.29, 0.717) is 16.5 Å². The Morgan fingerprint density at radius 1 is 1.00 bits per heavy atom. The van der Waals surface area contributed by atoms with E-state index in [1.165, 1.54) is 12.1 Å². The highest BCUT2D eigenvalue weighted by Crippen LogP contribution is 2.33. The summed E-state index contributed by atoms with van der Waals surface area (Å²) in [7, 11) is -8.93. The molecule has 22 heavy (non-hydrogen) atoms. The van der Waals surface area contributed by atoms with E-state index in [1.54, 1.807) is 13.8 Å². The standard InChI is InChI=1S/C14H14O6S2/c1-4-12-9(3)14-8(2)5-11(21(15,16)17)6-10(14)7-13(12)22(18,19)20/h4-7H,1H2,2-3H3,(H,15,16,17)(H,18,19,20). The highest BCUT2D eigenvalue weighted by molar-refractivity contribution is 7.86. The van der Waals surface area contributed by atoms with Gasteiger partial charge in [0.2, 0.25) is 0 Å². The van der Waals surface area contributed by atoms with Crippen molar-refractivity contribution in [3.8, 4) is 0 Å². The summed E-state index contributed by atoms with van der Waals surface area (Å²) in [5, 5.41) is 0.915. The molecule has 2 N–H and O–H groups in total. The van der Waals surface area contributed by atoms with E-state index in [-0.39, 0.29) is 20.7 Å². The fraction of sp³-hybridized carbons (Fsp3) is 0.143. The van der Waals surface area contributed by atoms with Crippen molar-refractivity contribution in [1.82, 2.24) is 0 Å². The molecular formula is C14H14O6S2. The van der Waals surface area contributed by atoms with Gasteiger partial charge < -0.3 is 0 Å². The number of fused-ring (bicyclic) bond motifs is 1. The molecule has 0 aliphatic rings. The third kappa shape index (κ3) is 2.78. The van der Waals surface area contributed by atoms with Crippen LogP contribution >= 0.6 is 0 Å². The molecule has 0 heterocycles. The molecule has 0 aliphatic heterocycles. The van der Waals surface area contributed by atoms with E-state index in [0.717, 1.165) is 12.1 Å². The van der Waals surface area contributed by atoms with Crippen molar-refractivity contribution in [2.45, 2.75) is 23.6 Å². The topological polar surface area (TPSA) is 109 Å². The minimum Gasteiger partial charge on any atom is -0.282 e. The van der Waals surface area contributed by atoms with Gasteiger partial charge in [-0.1, -0.05) is 12.7 Å². The largest absolute Gasteiger partial charge is 0.295 e. The van der Waals surface area contributed by atoms with Crippen molar-refractivity contribution in [3.05, 3.63) is 41.5 Å². The van der Waals surface area contributed by atoms with E-state index in [9.17, 15) is 21.4 Å². The van der Waals surface area contributed by atoms with Gasteiger partial charge in [-0.2, -0.15) is 16.8 Å². The van der Waals surface area contributed by atoms with Crippen LogP contribution in [0.15, 0.2) is 34.6 Å². The monoisotopic (exact) mass is 342 g/mol. The number of benzene rings is 2. The van der Waals surface area contributed by atoms with Crippen molar-refractivity contribution >= 4 is 37.1 Å². The molecule has 0 radical (unpaired) electrons. The van der Waals surface area contributed by atoms with Crippen LogP contribution in [0.25, 0.3) is 16.8 Å². The lowest BCUT2D eigenvalue weighted by Crippen LogP contribution is -2.05. The zero-order valence-electron chi connectivity index (χ0n) is 11.9. The van der Waals surface area contributed by atoms with Gasteiger partial charge >= 0.3 is 0 Å². The Hall–Kier alpha value is -1.74. The summed E-state index contributed by atoms with van der Waals surface area (Å²) >= 11 is 0. The van der Waals surface area contributed by atoms with Gasteiger partial charge in [0.05, 0.1) is 4.90 Å². The first-order valence-electron chi connectivity index (χ1n) is 6.12. The Kier molecular flexibility index (Phi) is 3.90. The Morgan fingerprint density at radius 2 is 1.59 bits per heavy atom. The van der Waals surface area contributed by atoms with Crippen LogP contribution in [-0.2, 0) is 20.2 Å². The van der Waals surface area contributed by atoms with E-state index >= 15 is 0 Å². The quantitative estimate of drug-likeness (QED) is 0.830. The molecule has 0 aliphatic carbocycles. The molecule has 0 saturated heterocycles. The Balaban J connectivity index is 3.08. The molecule has 0 saturated carbocycles. The van der Waals surface area contributed by atoms with Gasteiger partial charge in [-0.05, 0) is 59.5 Å². The maximum atomic E-state index is 11.5. The van der Waals surface area contributed by atoms with Crippen molar-refractivity contribution in [1.29, 1.82) is 0 Å². The minimum absolute atomic E-state index is 0.248. The van der Waals surface area contributed by atoms with Crippen molar-refractivity contribution in [2.24, 2.45) is 0 Å². The van der Waals surface area contributed by atoms with Crippen molar-refractivity contribution in [3.63, 3.8) is 0 Å². The number of hydrogen-bond donors (Lipinski definition) is 2. The predicted octanol–water partition coefficient (Wildman–Crippen LogP) is 2.59. The summed E-state index contributed by atoms with van der Waals surface area (Å²) in [6.45, 7) is 6.84. The third-order valence-corrected chi connectivity index (χ3v) is 5.18. The zero-order valence-corrected chi connectivity index (χ0v) is 13.5. The van der Waals surface area contributed by atoms with Crippen molar-refractivity contribution in [2.75, 3.05) is 0 Å². The molecular weight excluding hydrogens is 328 g/mol. The Bertz CT molecular complexity index is 1000. The third-order valence-electron chi connectivity index (χ3n) is 3.45. The normalized spacial score (nSPS) is 12.5. The first-order chi connectivity index (χ1) is 9.96. The van der Waals surface area contributed by atoms with E-state index < -0.39 is 20.2 Å². The second kappa shape index (κ2) is 5.17. The Morgan fingerprint density at radius 3 is 2.05 bits per heavy atom. The lowest BCUT2D eigenvalue weighted by molar-refractivity contribution is 0.481. The molecule has 0 unspecified atom stereocenters. The van der Waals surface area contributed by atoms with Gasteiger partial charge in [0.15, 0.2) is 0 Å². The van der Waals surface area contributed by atoms with Crippen LogP contribution in [0.2, 0.25) is 0 Å². The summed E-state index contributed by atoms with van der Waals surface area (Å²) in [5.41, 5.74) is 1.34. The van der Waals surface area contributed by atoms with Crippen molar-refractivity contribution < 1.29 is 25.9 Å². The van der Waals surface area contributed by atoms with Gasteiger partial charge in [0.25, 0.3) is 20.2 Å². The summed E-state index contributed by atoms with van der Waals surface area (Å²) < 4.78 is 64.1. The number of rotatable bonds is 3. The van der Waals surface area contributed by atoms with Gasteiger partial charge in [-0.3, -0.25) is 9.11 Å². The molecule has 0 aromatic heterocycles. The lowest BCUT2D eigenvalue weighted by Gasteiger charge is -2.14. The fourth-order valence-electron chi connectivity index (χ4n) is 2.56. The van der Waals surface area contributed by atoms with Crippen LogP contribution < -0.4 is 0 Å². The molecule has 0 amide bonds. The van der Waals surface area contributed by atoms with E-state index in [2.05, 4.69) is 6.58 Å². The maximum Gasteiger partial charge on any atom is 0.295 e. The van der Waals surface area contributed by atoms with Crippen LogP contribution in [-0.4, -0.2) is 25.9 Å². The summed E-state index contributed by atoms with van der Waals surface area (Å²) in [6, 6.07) is 3.62. The molecule has 0 atom stereocenters. The number of aryl methyl sites for hydroxylation is 2. The van der Waals surface area contributed by atoms with Gasteiger partial charge in [-0.15, -0.1) is 0 Å². The maximum absolute atomic E-state index is 11.5.